The van der Waals surface area contributed by atoms with Gasteiger partial charge < -0.3 is 20.3 Å². The highest BCUT2D eigenvalue weighted by Crippen LogP contribution is 2.19. The van der Waals surface area contributed by atoms with Crippen molar-refractivity contribution in [3.63, 3.8) is 0 Å². The van der Waals surface area contributed by atoms with Gasteiger partial charge in [-0.2, -0.15) is 0 Å². The van der Waals surface area contributed by atoms with E-state index in [1.807, 2.05) is 0 Å². The van der Waals surface area contributed by atoms with Crippen LogP contribution in [0.3, 0.4) is 0 Å². The van der Waals surface area contributed by atoms with E-state index in [4.69, 9.17) is 9.84 Å². The van der Waals surface area contributed by atoms with Crippen LogP contribution in [0.1, 0.15) is 35.2 Å². The van der Waals surface area contributed by atoms with Crippen molar-refractivity contribution in [1.82, 2.24) is 5.32 Å². The van der Waals surface area contributed by atoms with Crippen LogP contribution < -0.4 is 5.32 Å². The summed E-state index contributed by atoms with van der Waals surface area (Å²) in [5.74, 6) is -1.10. The van der Waals surface area contributed by atoms with Gasteiger partial charge in [-0.05, 0) is 37.0 Å². The number of carbonyl (C=O) groups is 2. The van der Waals surface area contributed by atoms with Gasteiger partial charge in [0.05, 0.1) is 18.8 Å². The standard InChI is InChI=1S/C16H21NO5/c18-10-16(8-1-9-22-11-16)17-15(21)13-5-2-12(3-6-13)4-7-14(19)20/h2-3,5-6,18H,1,4,7-11H2,(H,17,21)(H,19,20). The number of hydrogen-bond donors (Lipinski definition) is 3. The van der Waals surface area contributed by atoms with Crippen LogP contribution in [0.2, 0.25) is 0 Å². The number of ether oxygens (including phenoxy) is 1. The van der Waals surface area contributed by atoms with Crippen molar-refractivity contribution in [3.05, 3.63) is 35.4 Å². The van der Waals surface area contributed by atoms with Gasteiger partial charge in [0, 0.05) is 18.6 Å². The highest BCUT2D eigenvalue weighted by molar-refractivity contribution is 5.94. The summed E-state index contributed by atoms with van der Waals surface area (Å²) in [6.45, 7) is 0.803. The van der Waals surface area contributed by atoms with Crippen molar-refractivity contribution < 1.29 is 24.5 Å². The van der Waals surface area contributed by atoms with Crippen LogP contribution in [0, 0.1) is 0 Å². The van der Waals surface area contributed by atoms with Crippen molar-refractivity contribution in [2.24, 2.45) is 0 Å². The number of aliphatic carboxylic acids is 1. The Bertz CT molecular complexity index is 520. The average Bonchev–Trinajstić information content (AvgIpc) is 2.54. The molecule has 6 heteroatoms. The van der Waals surface area contributed by atoms with Gasteiger partial charge in [0.15, 0.2) is 0 Å². The van der Waals surface area contributed by atoms with Gasteiger partial charge in [0.2, 0.25) is 0 Å². The number of carbonyl (C=O) groups excluding carboxylic acids is 1. The lowest BCUT2D eigenvalue weighted by molar-refractivity contribution is -0.136. The zero-order valence-electron chi connectivity index (χ0n) is 12.4. The van der Waals surface area contributed by atoms with Gasteiger partial charge in [0.25, 0.3) is 5.91 Å². The molecule has 1 atom stereocenters. The fraction of sp³-hybridized carbons (Fsp3) is 0.500. The molecule has 1 aromatic rings. The molecule has 0 spiro atoms. The highest BCUT2D eigenvalue weighted by Gasteiger charge is 2.34. The fourth-order valence-corrected chi connectivity index (χ4v) is 2.50. The summed E-state index contributed by atoms with van der Waals surface area (Å²) in [6, 6.07) is 6.84. The Hall–Kier alpha value is -1.92. The Balaban J connectivity index is 1.98. The number of amides is 1. The first kappa shape index (κ1) is 16.5. The molecule has 0 saturated carbocycles. The number of carboxylic acid groups (broad SMARTS) is 1. The first-order valence-corrected chi connectivity index (χ1v) is 7.36. The van der Waals surface area contributed by atoms with Crippen LogP contribution in [-0.4, -0.2) is 47.4 Å². The van der Waals surface area contributed by atoms with Crippen molar-refractivity contribution in [2.45, 2.75) is 31.2 Å². The fourth-order valence-electron chi connectivity index (χ4n) is 2.50. The minimum atomic E-state index is -0.844. The second kappa shape index (κ2) is 7.38. The lowest BCUT2D eigenvalue weighted by Crippen LogP contribution is -2.56. The summed E-state index contributed by atoms with van der Waals surface area (Å²) in [5.41, 5.74) is 0.645. The Morgan fingerprint density at radius 3 is 2.55 bits per heavy atom. The van der Waals surface area contributed by atoms with Crippen molar-refractivity contribution in [3.8, 4) is 0 Å². The molecule has 1 amide bonds. The Morgan fingerprint density at radius 1 is 1.27 bits per heavy atom. The molecule has 0 aliphatic carbocycles. The molecule has 0 bridgehead atoms. The molecular weight excluding hydrogens is 286 g/mol. The van der Waals surface area contributed by atoms with E-state index < -0.39 is 11.5 Å². The van der Waals surface area contributed by atoms with Crippen molar-refractivity contribution >= 4 is 11.9 Å². The topological polar surface area (TPSA) is 95.9 Å². The van der Waals surface area contributed by atoms with Crippen molar-refractivity contribution in [2.75, 3.05) is 19.8 Å². The van der Waals surface area contributed by atoms with Crippen LogP contribution >= 0.6 is 0 Å². The maximum atomic E-state index is 12.3. The Morgan fingerprint density at radius 2 is 2.00 bits per heavy atom. The third-order valence-electron chi connectivity index (χ3n) is 3.85. The van der Waals surface area contributed by atoms with E-state index in [1.54, 1.807) is 24.3 Å². The minimum absolute atomic E-state index is 0.0660. The number of hydrogen-bond acceptors (Lipinski definition) is 4. The number of nitrogens with one attached hydrogen (secondary N) is 1. The van der Waals surface area contributed by atoms with Crippen LogP contribution in [0.5, 0.6) is 0 Å². The molecule has 1 unspecified atom stereocenters. The SMILES string of the molecule is O=C(O)CCc1ccc(C(=O)NC2(CO)CCCOC2)cc1. The Labute approximate surface area is 129 Å². The predicted molar refractivity (Wildman–Crippen MR) is 79.7 cm³/mol. The number of aryl methyl sites for hydroxylation is 1. The molecule has 22 heavy (non-hydrogen) atoms. The number of carboxylic acids is 1. The van der Waals surface area contributed by atoms with E-state index in [1.165, 1.54) is 0 Å². The first-order chi connectivity index (χ1) is 10.5. The second-order valence-corrected chi connectivity index (χ2v) is 5.64. The zero-order valence-corrected chi connectivity index (χ0v) is 12.4. The number of rotatable bonds is 6. The Kier molecular flexibility index (Phi) is 5.51. The molecule has 1 heterocycles. The summed E-state index contributed by atoms with van der Waals surface area (Å²) in [7, 11) is 0. The van der Waals surface area contributed by atoms with E-state index in [2.05, 4.69) is 5.32 Å². The van der Waals surface area contributed by atoms with E-state index in [9.17, 15) is 14.7 Å². The van der Waals surface area contributed by atoms with E-state index in [0.717, 1.165) is 12.0 Å². The monoisotopic (exact) mass is 307 g/mol. The summed E-state index contributed by atoms with van der Waals surface area (Å²) < 4.78 is 5.36. The van der Waals surface area contributed by atoms with Gasteiger partial charge >= 0.3 is 5.97 Å². The second-order valence-electron chi connectivity index (χ2n) is 5.64. The molecule has 1 aliphatic rings. The maximum Gasteiger partial charge on any atom is 0.303 e. The first-order valence-electron chi connectivity index (χ1n) is 7.36. The quantitative estimate of drug-likeness (QED) is 0.728. The van der Waals surface area contributed by atoms with Crippen molar-refractivity contribution in [1.29, 1.82) is 0 Å². The third kappa shape index (κ3) is 4.29. The number of benzene rings is 1. The molecule has 120 valence electrons. The van der Waals surface area contributed by atoms with Crippen LogP contribution in [0.25, 0.3) is 0 Å². The third-order valence-corrected chi connectivity index (χ3v) is 3.85. The summed E-state index contributed by atoms with van der Waals surface area (Å²) in [4.78, 5) is 22.8. The van der Waals surface area contributed by atoms with Gasteiger partial charge in [0.1, 0.15) is 0 Å². The van der Waals surface area contributed by atoms with Gasteiger partial charge in [-0.15, -0.1) is 0 Å². The summed E-state index contributed by atoms with van der Waals surface area (Å²) in [5, 5.41) is 21.1. The molecule has 6 nitrogen and oxygen atoms in total. The molecule has 1 fully saturated rings. The largest absolute Gasteiger partial charge is 0.481 e. The predicted octanol–water partition coefficient (Wildman–Crippen LogP) is 0.975. The minimum Gasteiger partial charge on any atom is -0.481 e. The van der Waals surface area contributed by atoms with E-state index in [-0.39, 0.29) is 18.9 Å². The lowest BCUT2D eigenvalue weighted by atomic mass is 9.93. The van der Waals surface area contributed by atoms with E-state index >= 15 is 0 Å². The summed E-state index contributed by atoms with van der Waals surface area (Å²) in [6.07, 6.45) is 1.99. The van der Waals surface area contributed by atoms with Crippen LogP contribution in [0.15, 0.2) is 24.3 Å². The van der Waals surface area contributed by atoms with Crippen LogP contribution in [0.4, 0.5) is 0 Å². The molecule has 2 rings (SSSR count). The number of aliphatic hydroxyl groups excluding tert-OH is 1. The van der Waals surface area contributed by atoms with Gasteiger partial charge in [-0.1, -0.05) is 12.1 Å². The summed E-state index contributed by atoms with van der Waals surface area (Å²) >= 11 is 0. The molecule has 1 aromatic carbocycles. The van der Waals surface area contributed by atoms with Crippen LogP contribution in [-0.2, 0) is 16.0 Å². The normalized spacial score (nSPS) is 21.3. The molecule has 1 saturated heterocycles. The van der Waals surface area contributed by atoms with Gasteiger partial charge in [-0.3, -0.25) is 9.59 Å². The smallest absolute Gasteiger partial charge is 0.303 e. The lowest BCUT2D eigenvalue weighted by Gasteiger charge is -2.36. The maximum absolute atomic E-state index is 12.3. The highest BCUT2D eigenvalue weighted by atomic mass is 16.5. The molecule has 3 N–H and O–H groups in total. The molecule has 0 aromatic heterocycles. The molecular formula is C16H21NO5. The van der Waals surface area contributed by atoms with E-state index in [0.29, 0.717) is 31.6 Å². The zero-order chi connectivity index (χ0) is 16.0. The average molecular weight is 307 g/mol. The number of aliphatic hydroxyl groups is 1. The van der Waals surface area contributed by atoms with Gasteiger partial charge in [-0.25, -0.2) is 0 Å². The molecule has 0 radical (unpaired) electrons. The molecule has 1 aliphatic heterocycles.